The third kappa shape index (κ3) is 14.7. The molecule has 11 rings (SSSR count). The molecule has 3 amide bonds. The third-order valence-corrected chi connectivity index (χ3v) is 14.8. The van der Waals surface area contributed by atoms with Crippen LogP contribution in [0.2, 0.25) is 0 Å². The van der Waals surface area contributed by atoms with E-state index in [9.17, 15) is 27.6 Å². The van der Waals surface area contributed by atoms with E-state index in [1.165, 1.54) is 7.11 Å². The molecule has 0 spiro atoms. The van der Waals surface area contributed by atoms with Crippen molar-refractivity contribution in [3.63, 3.8) is 0 Å². The van der Waals surface area contributed by atoms with Crippen molar-refractivity contribution in [2.75, 3.05) is 107 Å². The molecule has 6 aromatic carbocycles. The van der Waals surface area contributed by atoms with Crippen molar-refractivity contribution in [3.8, 4) is 51.0 Å². The molecule has 0 atom stereocenters. The van der Waals surface area contributed by atoms with Gasteiger partial charge < -0.3 is 41.2 Å². The van der Waals surface area contributed by atoms with Crippen molar-refractivity contribution < 1.29 is 46.6 Å². The fraction of sp³-hybridized carbons (Fsp3) is 0.237. The molecule has 24 heteroatoms. The minimum absolute atomic E-state index is 0.0563. The lowest BCUT2D eigenvalue weighted by Gasteiger charge is -2.26. The topological polar surface area (TPSA) is 262 Å². The zero-order chi connectivity index (χ0) is 58.2. The molecule has 0 aliphatic carbocycles. The number of nitrogen functional groups attached to an aromatic ring is 3. The third-order valence-electron chi connectivity index (χ3n) is 12.9. The molecular weight excluding hydrogens is 1110 g/mol. The van der Waals surface area contributed by atoms with E-state index in [4.69, 9.17) is 31.4 Å². The number of hydroxylamine groups is 1. The standard InChI is InChI=1S/C21H21FN4O2S.C20H19FN4O2S.C18H17FN4O3/c22-7-10-28-19-17-13-16(5-6-18(17)24-21(23)25-19)14-1-3-15(4-2-14)20(27)26-8-11-29-12-9-26;21-7-9-27-18-16-11-15(5-6-17(16)23-20(22)24-18)13-1-3-14(4-2-13)19(26)25-8-10-28-12-25;1-25-23-16(24)12-4-2-11(3-5-12)13-6-7-15-14(10-13)17(26-9-8-19)22-18(20)21-15/h1-6,13H,7-12H2,(H2,23,24,25);1-6,11H,7-10,12H2,(H2,22,23,24);2-7,10H,8-9H2,1H3,(H,23,24)(H2,20,21,22). The van der Waals surface area contributed by atoms with Crippen LogP contribution in [-0.4, -0.2) is 147 Å². The average molecular weight is 1170 g/mol. The van der Waals surface area contributed by atoms with Gasteiger partial charge in [0.2, 0.25) is 35.5 Å². The van der Waals surface area contributed by atoms with Gasteiger partial charge in [0.1, 0.15) is 39.8 Å². The van der Waals surface area contributed by atoms with Crippen molar-refractivity contribution in [2.24, 2.45) is 0 Å². The Morgan fingerprint density at radius 3 is 1.16 bits per heavy atom. The number of hydrogen-bond acceptors (Lipinski definition) is 18. The monoisotopic (exact) mass is 1170 g/mol. The SMILES string of the molecule is CONC(=O)c1ccc(-c2ccc3nc(N)nc(OCCF)c3c2)cc1.Nc1nc(OCCF)c2cc(-c3ccc(C(=O)N4CCSC4)cc3)ccc2n1.Nc1nc(OCCF)c2cc(-c3ccc(C(=O)N4CCSCC4)cc3)ccc2n1. The number of thioether (sulfide) groups is 2. The highest BCUT2D eigenvalue weighted by Crippen LogP contribution is 2.33. The maximum absolute atomic E-state index is 12.6. The highest BCUT2D eigenvalue weighted by Gasteiger charge is 2.21. The molecule has 0 bridgehead atoms. The molecule has 428 valence electrons. The fourth-order valence-corrected chi connectivity index (χ4v) is 10.8. The first-order valence-corrected chi connectivity index (χ1v) is 28.4. The van der Waals surface area contributed by atoms with Crippen molar-refractivity contribution in [3.05, 3.63) is 144 Å². The van der Waals surface area contributed by atoms with Gasteiger partial charge in [-0.3, -0.25) is 19.2 Å². The summed E-state index contributed by atoms with van der Waals surface area (Å²) in [5.74, 6) is 4.50. The van der Waals surface area contributed by atoms with Crippen LogP contribution in [0.1, 0.15) is 31.1 Å². The minimum Gasteiger partial charge on any atom is -0.474 e. The Kier molecular flexibility index (Phi) is 19.9. The smallest absolute Gasteiger partial charge is 0.274 e. The molecule has 0 unspecified atom stereocenters. The molecule has 3 aromatic heterocycles. The van der Waals surface area contributed by atoms with Gasteiger partial charge in [-0.1, -0.05) is 54.6 Å². The van der Waals surface area contributed by atoms with Gasteiger partial charge in [0.25, 0.3) is 17.7 Å². The molecular formula is C59H57F3N12O7S2. The first kappa shape index (κ1) is 58.6. The molecule has 7 N–H and O–H groups in total. The number of fused-ring (bicyclic) bond motifs is 3. The zero-order valence-electron chi connectivity index (χ0n) is 44.9. The summed E-state index contributed by atoms with van der Waals surface area (Å²) < 4.78 is 53.6. The van der Waals surface area contributed by atoms with Crippen LogP contribution in [0, 0.1) is 0 Å². The van der Waals surface area contributed by atoms with Crippen LogP contribution < -0.4 is 36.9 Å². The van der Waals surface area contributed by atoms with Crippen LogP contribution in [0.4, 0.5) is 31.0 Å². The summed E-state index contributed by atoms with van der Waals surface area (Å²) in [5.41, 5.74) is 28.5. The molecule has 19 nitrogen and oxygen atoms in total. The number of carbonyl (C=O) groups excluding carboxylic acids is 3. The Balaban J connectivity index is 0.000000150. The first-order chi connectivity index (χ1) is 40.4. The number of benzene rings is 6. The molecule has 9 aromatic rings. The minimum atomic E-state index is -0.629. The van der Waals surface area contributed by atoms with Crippen molar-refractivity contribution in [1.82, 2.24) is 45.2 Å². The number of halogens is 3. The Hall–Kier alpha value is -9.00. The number of alkyl halides is 3. The van der Waals surface area contributed by atoms with E-state index in [2.05, 4.69) is 40.2 Å². The quantitative estimate of drug-likeness (QED) is 0.0657. The number of amides is 3. The van der Waals surface area contributed by atoms with E-state index >= 15 is 0 Å². The average Bonchev–Trinajstić information content (AvgIpc) is 4.23. The van der Waals surface area contributed by atoms with Gasteiger partial charge in [0.15, 0.2) is 0 Å². The van der Waals surface area contributed by atoms with Crippen LogP contribution in [-0.2, 0) is 4.84 Å². The van der Waals surface area contributed by atoms with E-state index in [1.807, 2.05) is 131 Å². The van der Waals surface area contributed by atoms with Crippen molar-refractivity contribution in [1.29, 1.82) is 0 Å². The summed E-state index contributed by atoms with van der Waals surface area (Å²) in [6, 6.07) is 38.8. The van der Waals surface area contributed by atoms with Gasteiger partial charge in [0.05, 0.1) is 45.7 Å². The summed E-state index contributed by atoms with van der Waals surface area (Å²) in [4.78, 5) is 70.0. The first-order valence-electron chi connectivity index (χ1n) is 26.1. The lowest BCUT2D eigenvalue weighted by atomic mass is 10.0. The summed E-state index contributed by atoms with van der Waals surface area (Å²) in [7, 11) is 1.37. The molecule has 2 fully saturated rings. The van der Waals surface area contributed by atoms with Crippen LogP contribution in [0.3, 0.4) is 0 Å². The highest BCUT2D eigenvalue weighted by molar-refractivity contribution is 7.99. The summed E-state index contributed by atoms with van der Waals surface area (Å²) >= 11 is 3.64. The number of anilines is 3. The fourth-order valence-electron chi connectivity index (χ4n) is 8.91. The maximum atomic E-state index is 12.6. The largest absolute Gasteiger partial charge is 0.474 e. The summed E-state index contributed by atoms with van der Waals surface area (Å²) in [6.07, 6.45) is 0. The van der Waals surface area contributed by atoms with E-state index < -0.39 is 20.0 Å². The van der Waals surface area contributed by atoms with Gasteiger partial charge >= 0.3 is 0 Å². The van der Waals surface area contributed by atoms with E-state index in [0.717, 1.165) is 76.2 Å². The van der Waals surface area contributed by atoms with Crippen molar-refractivity contribution >= 4 is 91.8 Å². The number of nitrogens with zero attached hydrogens (tertiary/aromatic N) is 8. The molecule has 0 saturated carbocycles. The summed E-state index contributed by atoms with van der Waals surface area (Å²) in [6.45, 7) is 0.215. The van der Waals surface area contributed by atoms with Crippen LogP contribution in [0.15, 0.2) is 127 Å². The number of rotatable bonds is 16. The molecule has 83 heavy (non-hydrogen) atoms. The Bertz CT molecular complexity index is 3730. The highest BCUT2D eigenvalue weighted by atomic mass is 32.2. The predicted octanol–water partition coefficient (Wildman–Crippen LogP) is 9.31. The van der Waals surface area contributed by atoms with Crippen LogP contribution in [0.25, 0.3) is 66.1 Å². The zero-order valence-corrected chi connectivity index (χ0v) is 46.6. The number of hydrogen-bond donors (Lipinski definition) is 4. The van der Waals surface area contributed by atoms with Crippen LogP contribution >= 0.6 is 23.5 Å². The van der Waals surface area contributed by atoms with E-state index in [-0.39, 0.29) is 73.0 Å². The molecule has 5 heterocycles. The number of nitrogens with two attached hydrogens (primary N) is 3. The molecule has 0 radical (unpaired) electrons. The van der Waals surface area contributed by atoms with Crippen LogP contribution in [0.5, 0.6) is 17.6 Å². The van der Waals surface area contributed by atoms with Gasteiger partial charge in [-0.2, -0.15) is 26.7 Å². The second kappa shape index (κ2) is 28.1. The number of ether oxygens (including phenoxy) is 3. The maximum Gasteiger partial charge on any atom is 0.274 e. The van der Waals surface area contributed by atoms with Gasteiger partial charge in [-0.05, 0) is 106 Å². The van der Waals surface area contributed by atoms with Crippen molar-refractivity contribution in [2.45, 2.75) is 0 Å². The Morgan fingerprint density at radius 2 is 0.807 bits per heavy atom. The normalized spacial score (nSPS) is 13.0. The van der Waals surface area contributed by atoms with Gasteiger partial charge in [-0.15, -0.1) is 11.8 Å². The lowest BCUT2D eigenvalue weighted by Crippen LogP contribution is -2.37. The Labute approximate surface area is 483 Å². The summed E-state index contributed by atoms with van der Waals surface area (Å²) in [5, 5.41) is 1.96. The molecule has 2 aliphatic rings. The number of nitrogens with one attached hydrogen (secondary N) is 1. The number of aromatic nitrogens is 6. The number of carbonyl (C=O) groups is 3. The predicted molar refractivity (Wildman–Crippen MR) is 319 cm³/mol. The van der Waals surface area contributed by atoms with Gasteiger partial charge in [-0.25, -0.2) is 33.6 Å². The molecule has 2 saturated heterocycles. The lowest BCUT2D eigenvalue weighted by molar-refractivity contribution is 0.0537. The second-order valence-electron chi connectivity index (χ2n) is 18.3. The van der Waals surface area contributed by atoms with Gasteiger partial charge in [0, 0.05) is 53.6 Å². The van der Waals surface area contributed by atoms with E-state index in [1.54, 1.807) is 30.0 Å². The van der Waals surface area contributed by atoms with E-state index in [0.29, 0.717) is 49.4 Å². The Morgan fingerprint density at radius 1 is 0.470 bits per heavy atom. The second-order valence-corrected chi connectivity index (χ2v) is 20.6. The molecule has 2 aliphatic heterocycles.